The Morgan fingerprint density at radius 1 is 1.20 bits per heavy atom. The highest BCUT2D eigenvalue weighted by atomic mass is 16.3. The summed E-state index contributed by atoms with van der Waals surface area (Å²) in [5.74, 6) is 0.151. The molecule has 0 saturated heterocycles. The van der Waals surface area contributed by atoms with E-state index >= 15 is 0 Å². The number of benzene rings is 1. The monoisotopic (exact) mass is 406 g/mol. The van der Waals surface area contributed by atoms with Crippen LogP contribution in [0.25, 0.3) is 0 Å². The standard InChI is InChI=1S/C26H34N2O2/c1-15(2)23-22(16(3)21-19(28-23)12-25(4,5)13-20(21)29)24(30)17-8-10-18(11-9-17)26(6,7)14-27/h8-11,15,20,24,29-30H,12-13H2,1-7H3/t20?,24-/m0/s1. The quantitative estimate of drug-likeness (QED) is 0.712. The second kappa shape index (κ2) is 7.80. The topological polar surface area (TPSA) is 77.1 Å². The molecule has 0 fully saturated rings. The lowest BCUT2D eigenvalue weighted by atomic mass is 9.72. The molecule has 0 aliphatic heterocycles. The van der Waals surface area contributed by atoms with Crippen LogP contribution in [0.2, 0.25) is 0 Å². The fourth-order valence-electron chi connectivity index (χ4n) is 4.65. The Labute approximate surface area is 180 Å². The van der Waals surface area contributed by atoms with Crippen molar-refractivity contribution in [2.45, 2.75) is 84.8 Å². The molecule has 1 aliphatic rings. The summed E-state index contributed by atoms with van der Waals surface area (Å²) in [5, 5.41) is 31.6. The fraction of sp³-hybridized carbons (Fsp3) is 0.538. The summed E-state index contributed by atoms with van der Waals surface area (Å²) in [6.07, 6.45) is 0.120. The highest BCUT2D eigenvalue weighted by molar-refractivity contribution is 5.48. The van der Waals surface area contributed by atoms with E-state index in [4.69, 9.17) is 4.98 Å². The molecule has 0 radical (unpaired) electrons. The zero-order valence-corrected chi connectivity index (χ0v) is 19.2. The van der Waals surface area contributed by atoms with Crippen LogP contribution in [-0.2, 0) is 11.8 Å². The van der Waals surface area contributed by atoms with E-state index < -0.39 is 17.6 Å². The van der Waals surface area contributed by atoms with Crippen LogP contribution in [-0.4, -0.2) is 15.2 Å². The minimum atomic E-state index is -0.832. The van der Waals surface area contributed by atoms with Gasteiger partial charge < -0.3 is 10.2 Å². The first-order chi connectivity index (χ1) is 13.9. The number of rotatable bonds is 4. The molecule has 2 atom stereocenters. The maximum Gasteiger partial charge on any atom is 0.106 e. The summed E-state index contributed by atoms with van der Waals surface area (Å²) in [6, 6.07) is 9.92. The Balaban J connectivity index is 2.11. The van der Waals surface area contributed by atoms with E-state index in [1.54, 1.807) is 0 Å². The van der Waals surface area contributed by atoms with Crippen LogP contribution in [0, 0.1) is 23.7 Å². The van der Waals surface area contributed by atoms with Gasteiger partial charge in [0.2, 0.25) is 0 Å². The van der Waals surface area contributed by atoms with E-state index in [0.717, 1.165) is 45.6 Å². The maximum atomic E-state index is 11.4. The predicted octanol–water partition coefficient (Wildman–Crippen LogP) is 5.40. The van der Waals surface area contributed by atoms with Crippen LogP contribution >= 0.6 is 0 Å². The van der Waals surface area contributed by atoms with Crippen molar-refractivity contribution in [1.82, 2.24) is 4.98 Å². The minimum Gasteiger partial charge on any atom is -0.388 e. The van der Waals surface area contributed by atoms with Gasteiger partial charge in [-0.1, -0.05) is 52.0 Å². The third kappa shape index (κ3) is 4.02. The van der Waals surface area contributed by atoms with Gasteiger partial charge in [0.15, 0.2) is 0 Å². The molecule has 1 aromatic heterocycles. The van der Waals surface area contributed by atoms with Gasteiger partial charge >= 0.3 is 0 Å². The third-order valence-corrected chi connectivity index (χ3v) is 6.42. The number of fused-ring (bicyclic) bond motifs is 1. The van der Waals surface area contributed by atoms with E-state index in [2.05, 4.69) is 33.8 Å². The van der Waals surface area contributed by atoms with Crippen LogP contribution in [0.4, 0.5) is 0 Å². The van der Waals surface area contributed by atoms with E-state index in [1.807, 2.05) is 45.0 Å². The summed E-state index contributed by atoms with van der Waals surface area (Å²) in [4.78, 5) is 4.97. The van der Waals surface area contributed by atoms with Crippen molar-refractivity contribution in [1.29, 1.82) is 5.26 Å². The average Bonchev–Trinajstić information content (AvgIpc) is 2.65. The van der Waals surface area contributed by atoms with Crippen molar-refractivity contribution in [3.05, 3.63) is 63.5 Å². The number of aromatic nitrogens is 1. The molecule has 30 heavy (non-hydrogen) atoms. The summed E-state index contributed by atoms with van der Waals surface area (Å²) >= 11 is 0. The molecule has 3 rings (SSSR count). The zero-order valence-electron chi connectivity index (χ0n) is 19.2. The molecule has 0 amide bonds. The van der Waals surface area contributed by atoms with Crippen LogP contribution < -0.4 is 0 Å². The van der Waals surface area contributed by atoms with Crippen molar-refractivity contribution < 1.29 is 10.2 Å². The van der Waals surface area contributed by atoms with Crippen LogP contribution in [0.5, 0.6) is 0 Å². The highest BCUT2D eigenvalue weighted by Gasteiger charge is 2.36. The molecule has 4 nitrogen and oxygen atoms in total. The fourth-order valence-corrected chi connectivity index (χ4v) is 4.65. The van der Waals surface area contributed by atoms with Crippen molar-refractivity contribution in [2.24, 2.45) is 5.41 Å². The van der Waals surface area contributed by atoms with Crippen molar-refractivity contribution in [2.75, 3.05) is 0 Å². The van der Waals surface area contributed by atoms with Gasteiger partial charge in [-0.25, -0.2) is 0 Å². The first-order valence-electron chi connectivity index (χ1n) is 10.8. The number of hydrogen-bond acceptors (Lipinski definition) is 4. The normalized spacial score (nSPS) is 19.3. The van der Waals surface area contributed by atoms with E-state index in [-0.39, 0.29) is 11.3 Å². The van der Waals surface area contributed by atoms with Gasteiger partial charge in [-0.15, -0.1) is 0 Å². The molecule has 0 spiro atoms. The lowest BCUT2D eigenvalue weighted by molar-refractivity contribution is 0.0968. The summed E-state index contributed by atoms with van der Waals surface area (Å²) < 4.78 is 0. The van der Waals surface area contributed by atoms with Gasteiger partial charge in [0.1, 0.15) is 6.10 Å². The van der Waals surface area contributed by atoms with Gasteiger partial charge in [-0.3, -0.25) is 4.98 Å². The number of aliphatic hydroxyl groups excluding tert-OH is 2. The lowest BCUT2D eigenvalue weighted by Crippen LogP contribution is -2.29. The number of nitrogens with zero attached hydrogens (tertiary/aromatic N) is 2. The van der Waals surface area contributed by atoms with E-state index in [0.29, 0.717) is 6.42 Å². The van der Waals surface area contributed by atoms with Crippen molar-refractivity contribution in [3.63, 3.8) is 0 Å². The summed E-state index contributed by atoms with van der Waals surface area (Å²) in [7, 11) is 0. The van der Waals surface area contributed by atoms with Gasteiger partial charge in [0, 0.05) is 22.5 Å². The molecule has 1 unspecified atom stereocenters. The Hall–Kier alpha value is -2.22. The SMILES string of the molecule is Cc1c2c(nc(C(C)C)c1[C@@H](O)c1ccc(C(C)(C)C#N)cc1)CC(C)(C)CC2O. The molecule has 1 heterocycles. The number of aliphatic hydroxyl groups is 2. The average molecular weight is 407 g/mol. The van der Waals surface area contributed by atoms with Gasteiger partial charge in [-0.2, -0.15) is 5.26 Å². The molecular formula is C26H34N2O2. The van der Waals surface area contributed by atoms with Crippen molar-refractivity contribution >= 4 is 0 Å². The van der Waals surface area contributed by atoms with Gasteiger partial charge in [0.05, 0.1) is 17.6 Å². The van der Waals surface area contributed by atoms with Gasteiger partial charge in [-0.05, 0) is 61.6 Å². The number of nitriles is 1. The molecule has 0 saturated carbocycles. The van der Waals surface area contributed by atoms with Crippen LogP contribution in [0.1, 0.15) is 105 Å². The molecule has 4 heteroatoms. The minimum absolute atomic E-state index is 0.00359. The Morgan fingerprint density at radius 3 is 2.33 bits per heavy atom. The number of hydrogen-bond donors (Lipinski definition) is 2. The molecule has 160 valence electrons. The Bertz CT molecular complexity index is 982. The Kier molecular flexibility index (Phi) is 5.84. The first kappa shape index (κ1) is 22.5. The van der Waals surface area contributed by atoms with Crippen LogP contribution in [0.3, 0.4) is 0 Å². The van der Waals surface area contributed by atoms with Gasteiger partial charge in [0.25, 0.3) is 0 Å². The molecule has 2 N–H and O–H groups in total. The molecule has 0 bridgehead atoms. The predicted molar refractivity (Wildman–Crippen MR) is 119 cm³/mol. The molecule has 1 aliphatic carbocycles. The highest BCUT2D eigenvalue weighted by Crippen LogP contribution is 2.44. The zero-order chi connectivity index (χ0) is 22.4. The molecule has 1 aromatic carbocycles. The van der Waals surface area contributed by atoms with Crippen LogP contribution in [0.15, 0.2) is 24.3 Å². The largest absolute Gasteiger partial charge is 0.388 e. The molecular weight excluding hydrogens is 372 g/mol. The third-order valence-electron chi connectivity index (χ3n) is 6.42. The second-order valence-electron chi connectivity index (χ2n) is 10.4. The maximum absolute atomic E-state index is 11.4. The van der Waals surface area contributed by atoms with E-state index in [1.165, 1.54) is 0 Å². The summed E-state index contributed by atoms with van der Waals surface area (Å²) in [5.41, 5.74) is 5.60. The number of pyridine rings is 1. The molecule has 2 aromatic rings. The summed E-state index contributed by atoms with van der Waals surface area (Å²) in [6.45, 7) is 14.3. The Morgan fingerprint density at radius 2 is 1.80 bits per heavy atom. The second-order valence-corrected chi connectivity index (χ2v) is 10.4. The lowest BCUT2D eigenvalue weighted by Gasteiger charge is -2.36. The van der Waals surface area contributed by atoms with E-state index in [9.17, 15) is 15.5 Å². The van der Waals surface area contributed by atoms with Crippen molar-refractivity contribution in [3.8, 4) is 6.07 Å². The first-order valence-corrected chi connectivity index (χ1v) is 10.8. The smallest absolute Gasteiger partial charge is 0.106 e.